The molecule has 2 aromatic carbocycles. The average molecular weight is 446 g/mol. The zero-order valence-electron chi connectivity index (χ0n) is 16.5. The fraction of sp³-hybridized carbons (Fsp3) is 0.304. The number of fused-ring (bicyclic) bond motifs is 1. The van der Waals surface area contributed by atoms with Gasteiger partial charge in [0.1, 0.15) is 16.6 Å². The van der Waals surface area contributed by atoms with Gasteiger partial charge in [-0.2, -0.15) is 0 Å². The van der Waals surface area contributed by atoms with Crippen LogP contribution in [-0.4, -0.2) is 22.7 Å². The molecule has 1 aliphatic carbocycles. The first-order valence-electron chi connectivity index (χ1n) is 9.80. The number of hydrogen-bond acceptors (Lipinski definition) is 4. The predicted octanol–water partition coefficient (Wildman–Crippen LogP) is 6.04. The molecule has 156 valence electrons. The number of rotatable bonds is 7. The Balaban J connectivity index is 1.39. The summed E-state index contributed by atoms with van der Waals surface area (Å²) in [6, 6.07) is 10.6. The molecule has 4 nitrogen and oxygen atoms in total. The van der Waals surface area contributed by atoms with Gasteiger partial charge in [-0.25, -0.2) is 9.37 Å². The number of aryl methyl sites for hydroxylation is 2. The van der Waals surface area contributed by atoms with Crippen LogP contribution in [0.4, 0.5) is 4.39 Å². The molecule has 1 aromatic heterocycles. The van der Waals surface area contributed by atoms with Crippen LogP contribution in [0.1, 0.15) is 40.5 Å². The predicted molar refractivity (Wildman–Crippen MR) is 116 cm³/mol. The van der Waals surface area contributed by atoms with Crippen molar-refractivity contribution in [2.24, 2.45) is 0 Å². The van der Waals surface area contributed by atoms with Gasteiger partial charge in [-0.3, -0.25) is 4.79 Å². The standard InChI is InChI=1S/C23H21ClFNO3S/c1-13-21(26-23(30-13)16-4-7-20(25)19(24)11-16)8-9-29-17-5-6-18-14(10-17)2-3-15(18)12-22(27)28/h4-7,10-11,15H,2-3,8-9,12H2,1H3,(H,27,28)/t15-/m0/s1. The highest BCUT2D eigenvalue weighted by Gasteiger charge is 2.24. The third-order valence-electron chi connectivity index (χ3n) is 5.40. The Morgan fingerprint density at radius 1 is 1.33 bits per heavy atom. The van der Waals surface area contributed by atoms with E-state index in [1.807, 2.05) is 25.1 Å². The normalized spacial score (nSPS) is 15.2. The summed E-state index contributed by atoms with van der Waals surface area (Å²) >= 11 is 7.44. The van der Waals surface area contributed by atoms with E-state index in [1.165, 1.54) is 11.6 Å². The molecule has 0 unspecified atom stereocenters. The summed E-state index contributed by atoms with van der Waals surface area (Å²) < 4.78 is 19.3. The van der Waals surface area contributed by atoms with E-state index in [4.69, 9.17) is 21.4 Å². The zero-order chi connectivity index (χ0) is 21.3. The lowest BCUT2D eigenvalue weighted by molar-refractivity contribution is -0.137. The van der Waals surface area contributed by atoms with E-state index in [0.717, 1.165) is 45.3 Å². The summed E-state index contributed by atoms with van der Waals surface area (Å²) in [5.41, 5.74) is 4.07. The minimum absolute atomic E-state index is 0.0902. The molecule has 0 bridgehead atoms. The van der Waals surface area contributed by atoms with E-state index in [1.54, 1.807) is 23.5 Å². The van der Waals surface area contributed by atoms with Gasteiger partial charge in [0.05, 0.1) is 23.7 Å². The molecule has 0 spiro atoms. The van der Waals surface area contributed by atoms with Gasteiger partial charge in [0, 0.05) is 16.9 Å². The van der Waals surface area contributed by atoms with E-state index in [-0.39, 0.29) is 17.4 Å². The maximum atomic E-state index is 13.4. The number of thiazole rings is 1. The molecule has 4 rings (SSSR count). The third kappa shape index (κ3) is 4.50. The second kappa shape index (κ2) is 8.74. The Morgan fingerprint density at radius 3 is 2.93 bits per heavy atom. The topological polar surface area (TPSA) is 59.4 Å². The summed E-state index contributed by atoms with van der Waals surface area (Å²) in [5, 5.41) is 9.95. The third-order valence-corrected chi connectivity index (χ3v) is 6.76. The summed E-state index contributed by atoms with van der Waals surface area (Å²) in [6.45, 7) is 2.51. The first kappa shape index (κ1) is 20.8. The van der Waals surface area contributed by atoms with Gasteiger partial charge in [0.25, 0.3) is 0 Å². The number of aliphatic carboxylic acids is 1. The van der Waals surface area contributed by atoms with Crippen LogP contribution < -0.4 is 4.74 Å². The van der Waals surface area contributed by atoms with Gasteiger partial charge in [0.2, 0.25) is 0 Å². The summed E-state index contributed by atoms with van der Waals surface area (Å²) in [6.07, 6.45) is 2.60. The number of carboxylic acids is 1. The maximum absolute atomic E-state index is 13.4. The van der Waals surface area contributed by atoms with Crippen molar-refractivity contribution in [2.75, 3.05) is 6.61 Å². The molecule has 0 radical (unpaired) electrons. The number of carboxylic acid groups (broad SMARTS) is 1. The van der Waals surface area contributed by atoms with Crippen molar-refractivity contribution in [3.8, 4) is 16.3 Å². The highest BCUT2D eigenvalue weighted by atomic mass is 35.5. The molecule has 30 heavy (non-hydrogen) atoms. The molecular weight excluding hydrogens is 425 g/mol. The lowest BCUT2D eigenvalue weighted by atomic mass is 9.98. The zero-order valence-corrected chi connectivity index (χ0v) is 18.0. The van der Waals surface area contributed by atoms with Crippen molar-refractivity contribution >= 4 is 28.9 Å². The van der Waals surface area contributed by atoms with Crippen molar-refractivity contribution < 1.29 is 19.0 Å². The molecular formula is C23H21ClFNO3S. The largest absolute Gasteiger partial charge is 0.493 e. The Morgan fingerprint density at radius 2 is 2.17 bits per heavy atom. The van der Waals surface area contributed by atoms with Crippen molar-refractivity contribution in [1.82, 2.24) is 4.98 Å². The van der Waals surface area contributed by atoms with Crippen molar-refractivity contribution in [3.63, 3.8) is 0 Å². The van der Waals surface area contributed by atoms with Gasteiger partial charge in [-0.05, 0) is 67.1 Å². The summed E-state index contributed by atoms with van der Waals surface area (Å²) in [4.78, 5) is 16.8. The minimum Gasteiger partial charge on any atom is -0.493 e. The van der Waals surface area contributed by atoms with Crippen LogP contribution in [0, 0.1) is 12.7 Å². The van der Waals surface area contributed by atoms with Gasteiger partial charge < -0.3 is 9.84 Å². The van der Waals surface area contributed by atoms with E-state index in [2.05, 4.69) is 4.98 Å². The van der Waals surface area contributed by atoms with Crippen molar-refractivity contribution in [2.45, 2.75) is 38.5 Å². The first-order chi connectivity index (χ1) is 14.4. The molecule has 1 aliphatic rings. The number of carbonyl (C=O) groups is 1. The number of ether oxygens (including phenoxy) is 1. The van der Waals surface area contributed by atoms with Crippen LogP contribution >= 0.6 is 22.9 Å². The number of benzene rings is 2. The second-order valence-electron chi connectivity index (χ2n) is 7.44. The summed E-state index contributed by atoms with van der Waals surface area (Å²) in [5.74, 6) is -0.300. The first-order valence-corrected chi connectivity index (χ1v) is 11.0. The van der Waals surface area contributed by atoms with Crippen LogP contribution in [-0.2, 0) is 17.6 Å². The Bertz CT molecular complexity index is 1100. The molecule has 0 saturated carbocycles. The fourth-order valence-corrected chi connectivity index (χ4v) is 5.01. The molecule has 1 N–H and O–H groups in total. The maximum Gasteiger partial charge on any atom is 0.303 e. The number of hydrogen-bond donors (Lipinski definition) is 1. The minimum atomic E-state index is -0.755. The fourth-order valence-electron chi connectivity index (χ4n) is 3.87. The smallest absolute Gasteiger partial charge is 0.303 e. The van der Waals surface area contributed by atoms with Gasteiger partial charge in [0.15, 0.2) is 0 Å². The van der Waals surface area contributed by atoms with Crippen LogP contribution in [0.25, 0.3) is 10.6 Å². The molecule has 0 amide bonds. The molecule has 1 atom stereocenters. The summed E-state index contributed by atoms with van der Waals surface area (Å²) in [7, 11) is 0. The SMILES string of the molecule is Cc1sc(-c2ccc(F)c(Cl)c2)nc1CCOc1ccc2c(c1)CC[C@H]2CC(=O)O. The number of halogens is 2. The van der Waals surface area contributed by atoms with Crippen molar-refractivity contribution in [1.29, 1.82) is 0 Å². The Labute approximate surface area is 183 Å². The molecule has 0 aliphatic heterocycles. The molecule has 0 fully saturated rings. The van der Waals surface area contributed by atoms with Crippen LogP contribution in [0.3, 0.4) is 0 Å². The average Bonchev–Trinajstić information content (AvgIpc) is 3.27. The van der Waals surface area contributed by atoms with E-state index < -0.39 is 11.8 Å². The second-order valence-corrected chi connectivity index (χ2v) is 9.05. The number of nitrogens with zero attached hydrogens (tertiary/aromatic N) is 1. The highest BCUT2D eigenvalue weighted by molar-refractivity contribution is 7.15. The van der Waals surface area contributed by atoms with Crippen LogP contribution in [0.2, 0.25) is 5.02 Å². The van der Waals surface area contributed by atoms with Crippen LogP contribution in [0.15, 0.2) is 36.4 Å². The molecule has 3 aromatic rings. The van der Waals surface area contributed by atoms with Gasteiger partial charge in [-0.15, -0.1) is 11.3 Å². The van der Waals surface area contributed by atoms with Crippen molar-refractivity contribution in [3.05, 3.63) is 68.9 Å². The van der Waals surface area contributed by atoms with Crippen LogP contribution in [0.5, 0.6) is 5.75 Å². The van der Waals surface area contributed by atoms with E-state index in [9.17, 15) is 9.18 Å². The lowest BCUT2D eigenvalue weighted by Gasteiger charge is -2.10. The van der Waals surface area contributed by atoms with Gasteiger partial charge >= 0.3 is 5.97 Å². The molecule has 1 heterocycles. The van der Waals surface area contributed by atoms with E-state index in [0.29, 0.717) is 13.0 Å². The lowest BCUT2D eigenvalue weighted by Crippen LogP contribution is -2.04. The quantitative estimate of drug-likeness (QED) is 0.481. The monoisotopic (exact) mass is 445 g/mol. The highest BCUT2D eigenvalue weighted by Crippen LogP contribution is 2.37. The Kier molecular flexibility index (Phi) is 6.06. The molecule has 7 heteroatoms. The molecule has 0 saturated heterocycles. The van der Waals surface area contributed by atoms with E-state index >= 15 is 0 Å². The number of aromatic nitrogens is 1. The Hall–Kier alpha value is -2.44. The van der Waals surface area contributed by atoms with Gasteiger partial charge in [-0.1, -0.05) is 17.7 Å².